The van der Waals surface area contributed by atoms with Crippen LogP contribution in [0.4, 0.5) is 0 Å². The van der Waals surface area contributed by atoms with E-state index >= 15 is 0 Å². The first-order chi connectivity index (χ1) is 7.54. The maximum atomic E-state index is 11.8. The first kappa shape index (κ1) is 12.7. The van der Waals surface area contributed by atoms with Gasteiger partial charge in [-0.25, -0.2) is 0 Å². The number of hydrogen-bond acceptors (Lipinski definition) is 2. The van der Waals surface area contributed by atoms with Crippen LogP contribution >= 0.6 is 11.6 Å². The molecule has 0 spiro atoms. The third kappa shape index (κ3) is 3.36. The Balaban J connectivity index is 2.87. The molecule has 1 rings (SSSR count). The van der Waals surface area contributed by atoms with Crippen molar-refractivity contribution in [2.24, 2.45) is 5.92 Å². The molecule has 0 heterocycles. The van der Waals surface area contributed by atoms with Crippen molar-refractivity contribution in [3.05, 3.63) is 34.9 Å². The molecule has 1 aromatic rings. The van der Waals surface area contributed by atoms with E-state index in [0.717, 1.165) is 5.56 Å². The van der Waals surface area contributed by atoms with Crippen LogP contribution in [0.3, 0.4) is 0 Å². The Labute approximate surface area is 101 Å². The molecule has 3 heteroatoms. The fourth-order valence-corrected chi connectivity index (χ4v) is 1.63. The zero-order chi connectivity index (χ0) is 12.1. The van der Waals surface area contributed by atoms with Gasteiger partial charge >= 0.3 is 0 Å². The Bertz CT molecular complexity index is 403. The summed E-state index contributed by atoms with van der Waals surface area (Å²) in [4.78, 5) is 11.8. The van der Waals surface area contributed by atoms with Crippen LogP contribution < -0.4 is 0 Å². The van der Waals surface area contributed by atoms with E-state index in [4.69, 9.17) is 16.9 Å². The van der Waals surface area contributed by atoms with Crippen molar-refractivity contribution >= 4 is 17.4 Å². The van der Waals surface area contributed by atoms with Gasteiger partial charge in [0.25, 0.3) is 0 Å². The molecule has 84 valence electrons. The number of nitriles is 1. The summed E-state index contributed by atoms with van der Waals surface area (Å²) in [6.07, 6.45) is 0.431. The lowest BCUT2D eigenvalue weighted by Gasteiger charge is -2.10. The van der Waals surface area contributed by atoms with E-state index in [1.807, 2.05) is 13.8 Å². The number of halogens is 1. The standard InChI is InChI=1S/C13H14ClNO/c1-9(2)7-13(16)12(8-15)10-3-5-11(14)6-4-10/h3-6,9,12H,7H2,1-2H3. The largest absolute Gasteiger partial charge is 0.298 e. The molecule has 0 bridgehead atoms. The van der Waals surface area contributed by atoms with Crippen LogP contribution in [0.2, 0.25) is 5.02 Å². The molecule has 0 N–H and O–H groups in total. The smallest absolute Gasteiger partial charge is 0.154 e. The lowest BCUT2D eigenvalue weighted by Crippen LogP contribution is -2.13. The molecule has 1 unspecified atom stereocenters. The van der Waals surface area contributed by atoms with Crippen LogP contribution in [0.5, 0.6) is 0 Å². The van der Waals surface area contributed by atoms with Crippen molar-refractivity contribution in [1.29, 1.82) is 5.26 Å². The van der Waals surface area contributed by atoms with Crippen LogP contribution in [0.25, 0.3) is 0 Å². The van der Waals surface area contributed by atoms with Crippen LogP contribution in [0.15, 0.2) is 24.3 Å². The number of benzene rings is 1. The Kier molecular flexibility index (Phi) is 4.52. The highest BCUT2D eigenvalue weighted by Gasteiger charge is 2.20. The molecule has 0 aliphatic rings. The maximum Gasteiger partial charge on any atom is 0.154 e. The van der Waals surface area contributed by atoms with Crippen LogP contribution in [0.1, 0.15) is 31.7 Å². The lowest BCUT2D eigenvalue weighted by molar-refractivity contribution is -0.120. The summed E-state index contributed by atoms with van der Waals surface area (Å²) in [5.74, 6) is -0.421. The number of nitrogens with zero attached hydrogens (tertiary/aromatic N) is 1. The van der Waals surface area contributed by atoms with E-state index in [2.05, 4.69) is 6.07 Å². The normalized spacial score (nSPS) is 12.2. The molecule has 0 saturated carbocycles. The first-order valence-corrected chi connectivity index (χ1v) is 5.60. The minimum Gasteiger partial charge on any atom is -0.298 e. The Morgan fingerprint density at radius 1 is 1.38 bits per heavy atom. The van der Waals surface area contributed by atoms with Crippen molar-refractivity contribution in [1.82, 2.24) is 0 Å². The summed E-state index contributed by atoms with van der Waals surface area (Å²) in [7, 11) is 0. The highest BCUT2D eigenvalue weighted by Crippen LogP contribution is 2.21. The molecule has 0 aromatic heterocycles. The van der Waals surface area contributed by atoms with Gasteiger partial charge in [-0.05, 0) is 23.6 Å². The van der Waals surface area contributed by atoms with Gasteiger partial charge in [0.1, 0.15) is 5.92 Å². The third-order valence-corrected chi connectivity index (χ3v) is 2.52. The molecule has 0 saturated heterocycles. The fourth-order valence-electron chi connectivity index (χ4n) is 1.51. The summed E-state index contributed by atoms with van der Waals surface area (Å²) in [5, 5.41) is 9.64. The summed E-state index contributed by atoms with van der Waals surface area (Å²) >= 11 is 5.76. The number of ketones is 1. The first-order valence-electron chi connectivity index (χ1n) is 5.22. The van der Waals surface area contributed by atoms with E-state index in [9.17, 15) is 4.79 Å². The van der Waals surface area contributed by atoms with Crippen molar-refractivity contribution in [3.63, 3.8) is 0 Å². The quantitative estimate of drug-likeness (QED) is 0.801. The number of Topliss-reactive ketones (excluding diaryl/α,β-unsaturated/α-hetero) is 1. The van der Waals surface area contributed by atoms with Crippen molar-refractivity contribution < 1.29 is 4.79 Å². The molecular formula is C13H14ClNO. The molecule has 0 amide bonds. The van der Waals surface area contributed by atoms with Gasteiger partial charge in [-0.1, -0.05) is 37.6 Å². The Hall–Kier alpha value is -1.33. The molecule has 1 atom stereocenters. The van der Waals surface area contributed by atoms with Crippen LogP contribution in [0, 0.1) is 17.2 Å². The SMILES string of the molecule is CC(C)CC(=O)C(C#N)c1ccc(Cl)cc1. The molecule has 1 aromatic carbocycles. The van der Waals surface area contributed by atoms with E-state index in [0.29, 0.717) is 11.4 Å². The average molecular weight is 236 g/mol. The van der Waals surface area contributed by atoms with Crippen molar-refractivity contribution in [2.75, 3.05) is 0 Å². The predicted molar refractivity (Wildman–Crippen MR) is 64.3 cm³/mol. The van der Waals surface area contributed by atoms with Gasteiger partial charge in [-0.3, -0.25) is 4.79 Å². The third-order valence-electron chi connectivity index (χ3n) is 2.26. The highest BCUT2D eigenvalue weighted by molar-refractivity contribution is 6.30. The maximum absolute atomic E-state index is 11.8. The van der Waals surface area contributed by atoms with Gasteiger partial charge in [0.05, 0.1) is 6.07 Å². The van der Waals surface area contributed by atoms with Gasteiger partial charge in [-0.2, -0.15) is 5.26 Å². The Morgan fingerprint density at radius 2 is 1.94 bits per heavy atom. The topological polar surface area (TPSA) is 40.9 Å². The summed E-state index contributed by atoms with van der Waals surface area (Å²) in [5.41, 5.74) is 0.720. The second-order valence-electron chi connectivity index (χ2n) is 4.18. The number of hydrogen-bond donors (Lipinski definition) is 0. The molecule has 16 heavy (non-hydrogen) atoms. The van der Waals surface area contributed by atoms with E-state index in [1.165, 1.54) is 0 Å². The summed E-state index contributed by atoms with van der Waals surface area (Å²) < 4.78 is 0. The zero-order valence-electron chi connectivity index (χ0n) is 9.40. The van der Waals surface area contributed by atoms with E-state index in [1.54, 1.807) is 24.3 Å². The molecule has 0 aliphatic carbocycles. The number of rotatable bonds is 4. The lowest BCUT2D eigenvalue weighted by atomic mass is 9.91. The minimum absolute atomic E-state index is 0.0279. The van der Waals surface area contributed by atoms with Gasteiger partial charge in [0, 0.05) is 11.4 Å². The van der Waals surface area contributed by atoms with Crippen LogP contribution in [-0.4, -0.2) is 5.78 Å². The van der Waals surface area contributed by atoms with Crippen molar-refractivity contribution in [3.8, 4) is 6.07 Å². The molecular weight excluding hydrogens is 222 g/mol. The minimum atomic E-state index is -0.667. The van der Waals surface area contributed by atoms with Gasteiger partial charge in [-0.15, -0.1) is 0 Å². The predicted octanol–water partition coefficient (Wildman–Crippen LogP) is 3.56. The molecule has 0 aliphatic heterocycles. The molecule has 0 fully saturated rings. The molecule has 0 radical (unpaired) electrons. The molecule has 2 nitrogen and oxygen atoms in total. The van der Waals surface area contributed by atoms with Gasteiger partial charge < -0.3 is 0 Å². The summed E-state index contributed by atoms with van der Waals surface area (Å²) in [6, 6.07) is 8.91. The zero-order valence-corrected chi connectivity index (χ0v) is 10.2. The van der Waals surface area contributed by atoms with Crippen LogP contribution in [-0.2, 0) is 4.79 Å². The van der Waals surface area contributed by atoms with E-state index < -0.39 is 5.92 Å². The van der Waals surface area contributed by atoms with E-state index in [-0.39, 0.29) is 11.7 Å². The van der Waals surface area contributed by atoms with Gasteiger partial charge in [0.2, 0.25) is 0 Å². The summed E-state index contributed by atoms with van der Waals surface area (Å²) in [6.45, 7) is 3.93. The van der Waals surface area contributed by atoms with Gasteiger partial charge in [0.15, 0.2) is 5.78 Å². The Morgan fingerprint density at radius 3 is 2.38 bits per heavy atom. The second-order valence-corrected chi connectivity index (χ2v) is 4.61. The second kappa shape index (κ2) is 5.67. The highest BCUT2D eigenvalue weighted by atomic mass is 35.5. The number of carbonyl (C=O) groups excluding carboxylic acids is 1. The average Bonchev–Trinajstić information content (AvgIpc) is 2.21. The fraction of sp³-hybridized carbons (Fsp3) is 0.385. The van der Waals surface area contributed by atoms with Crippen molar-refractivity contribution in [2.45, 2.75) is 26.2 Å². The monoisotopic (exact) mass is 235 g/mol. The number of carbonyl (C=O) groups is 1.